The molecule has 0 radical (unpaired) electrons. The second-order valence-electron chi connectivity index (χ2n) is 6.63. The predicted octanol–water partition coefficient (Wildman–Crippen LogP) is -1.57. The molecule has 0 aromatic heterocycles. The highest BCUT2D eigenvalue weighted by molar-refractivity contribution is 6.21. The molecule has 0 spiro atoms. The molecule has 3 atom stereocenters. The van der Waals surface area contributed by atoms with Crippen LogP contribution in [-0.4, -0.2) is 51.1 Å². The molecule has 2 amide bonds. The molecule has 0 bridgehead atoms. The first-order chi connectivity index (χ1) is 10.6. The van der Waals surface area contributed by atoms with Crippen LogP contribution in [0.5, 0.6) is 0 Å². The van der Waals surface area contributed by atoms with E-state index >= 15 is 0 Å². The molecule has 3 rings (SSSR count). The second-order valence-corrected chi connectivity index (χ2v) is 6.63. The van der Waals surface area contributed by atoms with Crippen molar-refractivity contribution in [1.29, 1.82) is 0 Å². The van der Waals surface area contributed by atoms with Gasteiger partial charge in [-0.1, -0.05) is 17.7 Å². The zero-order valence-electron chi connectivity index (χ0n) is 13.4. The highest BCUT2D eigenvalue weighted by atomic mass is 16.2. The number of carbonyl (C=O) groups is 2. The van der Waals surface area contributed by atoms with Crippen LogP contribution in [-0.2, 0) is 9.59 Å². The van der Waals surface area contributed by atoms with Crippen molar-refractivity contribution in [2.75, 3.05) is 38.1 Å². The van der Waals surface area contributed by atoms with E-state index in [0.29, 0.717) is 12.1 Å². The highest BCUT2D eigenvalue weighted by Gasteiger charge is 2.46. The van der Waals surface area contributed by atoms with E-state index in [0.717, 1.165) is 38.2 Å². The average molecular weight is 303 g/mol. The third-order valence-electron chi connectivity index (χ3n) is 4.91. The summed E-state index contributed by atoms with van der Waals surface area (Å²) in [6, 6.07) is 7.42. The molecule has 1 aromatic carbocycles. The number of anilines is 1. The predicted molar refractivity (Wildman–Crippen MR) is 84.0 cm³/mol. The number of quaternary nitrogens is 2. The van der Waals surface area contributed by atoms with Crippen molar-refractivity contribution < 1.29 is 19.4 Å². The smallest absolute Gasteiger partial charge is 0.292 e. The van der Waals surface area contributed by atoms with Crippen molar-refractivity contribution in [3.05, 3.63) is 29.8 Å². The Bertz CT molecular complexity index is 570. The molecule has 2 N–H and O–H groups in total. The first-order valence-corrected chi connectivity index (χ1v) is 8.15. The molecule has 22 heavy (non-hydrogen) atoms. The zero-order valence-corrected chi connectivity index (χ0v) is 13.4. The van der Waals surface area contributed by atoms with Crippen LogP contribution in [0.3, 0.4) is 0 Å². The minimum atomic E-state index is -0.195. The molecular formula is C17H25N3O2+2. The Labute approximate surface area is 131 Å². The molecule has 0 aliphatic carbocycles. The fourth-order valence-corrected chi connectivity index (χ4v) is 3.51. The molecule has 0 saturated carbocycles. The van der Waals surface area contributed by atoms with Crippen LogP contribution in [0.15, 0.2) is 24.3 Å². The van der Waals surface area contributed by atoms with E-state index < -0.39 is 0 Å². The van der Waals surface area contributed by atoms with Gasteiger partial charge in [0.2, 0.25) is 5.91 Å². The van der Waals surface area contributed by atoms with Crippen molar-refractivity contribution >= 4 is 17.5 Å². The van der Waals surface area contributed by atoms with Gasteiger partial charge in [-0.25, -0.2) is 4.90 Å². The molecule has 2 fully saturated rings. The van der Waals surface area contributed by atoms with Crippen molar-refractivity contribution in [2.24, 2.45) is 0 Å². The lowest BCUT2D eigenvalue weighted by atomic mass is 10.2. The molecule has 5 heteroatoms. The second kappa shape index (κ2) is 6.18. The summed E-state index contributed by atoms with van der Waals surface area (Å²) >= 11 is 0. The third kappa shape index (κ3) is 2.91. The monoisotopic (exact) mass is 303 g/mol. The molecule has 118 valence electrons. The molecule has 2 saturated heterocycles. The molecule has 2 heterocycles. The Morgan fingerprint density at radius 2 is 1.77 bits per heavy atom. The molecule has 3 unspecified atom stereocenters. The van der Waals surface area contributed by atoms with E-state index in [2.05, 4.69) is 7.05 Å². The molecular weight excluding hydrogens is 278 g/mol. The fraction of sp³-hybridized carbons (Fsp3) is 0.529. The van der Waals surface area contributed by atoms with Crippen molar-refractivity contribution in [1.82, 2.24) is 0 Å². The SMILES string of the molecule is Cc1ccc(N2C(=O)CC([NH+]3CCC[NH+](C)CC3)C2=O)cc1. The maximum Gasteiger partial charge on any atom is 0.292 e. The van der Waals surface area contributed by atoms with E-state index in [4.69, 9.17) is 0 Å². The Hall–Kier alpha value is -1.72. The van der Waals surface area contributed by atoms with Crippen LogP contribution in [0.2, 0.25) is 0 Å². The normalized spacial score (nSPS) is 29.7. The number of rotatable bonds is 2. The molecule has 2 aliphatic rings. The fourth-order valence-electron chi connectivity index (χ4n) is 3.51. The number of likely N-dealkylation sites (N-methyl/N-ethyl adjacent to an activating group) is 1. The van der Waals surface area contributed by atoms with Gasteiger partial charge >= 0.3 is 0 Å². The van der Waals surface area contributed by atoms with Gasteiger partial charge in [0, 0.05) is 6.42 Å². The summed E-state index contributed by atoms with van der Waals surface area (Å²) in [6.07, 6.45) is 1.46. The van der Waals surface area contributed by atoms with E-state index in [1.807, 2.05) is 31.2 Å². The summed E-state index contributed by atoms with van der Waals surface area (Å²) < 4.78 is 0. The van der Waals surface area contributed by atoms with E-state index in [1.54, 1.807) is 0 Å². The van der Waals surface area contributed by atoms with Gasteiger partial charge in [-0.3, -0.25) is 9.59 Å². The summed E-state index contributed by atoms with van der Waals surface area (Å²) in [4.78, 5) is 29.3. The Kier molecular flexibility index (Phi) is 4.27. The number of carbonyl (C=O) groups excluding carboxylic acids is 2. The topological polar surface area (TPSA) is 46.3 Å². The maximum absolute atomic E-state index is 12.8. The third-order valence-corrected chi connectivity index (χ3v) is 4.91. The van der Waals surface area contributed by atoms with Crippen LogP contribution in [0.1, 0.15) is 18.4 Å². The van der Waals surface area contributed by atoms with Gasteiger partial charge in [-0.15, -0.1) is 0 Å². The minimum Gasteiger partial charge on any atom is -0.333 e. The van der Waals surface area contributed by atoms with Gasteiger partial charge in [0.25, 0.3) is 5.91 Å². The van der Waals surface area contributed by atoms with Crippen LogP contribution in [0.4, 0.5) is 5.69 Å². The van der Waals surface area contributed by atoms with Crippen LogP contribution in [0.25, 0.3) is 0 Å². The van der Waals surface area contributed by atoms with Crippen LogP contribution >= 0.6 is 0 Å². The minimum absolute atomic E-state index is 0.0246. The maximum atomic E-state index is 12.8. The molecule has 2 aliphatic heterocycles. The van der Waals surface area contributed by atoms with E-state index in [-0.39, 0.29) is 17.9 Å². The number of nitrogens with one attached hydrogen (secondary N) is 2. The number of amides is 2. The van der Waals surface area contributed by atoms with Gasteiger partial charge in [-0.2, -0.15) is 0 Å². The summed E-state index contributed by atoms with van der Waals surface area (Å²) in [5.74, 6) is -0.0836. The first-order valence-electron chi connectivity index (χ1n) is 8.15. The number of benzene rings is 1. The number of hydrogen-bond acceptors (Lipinski definition) is 2. The summed E-state index contributed by atoms with van der Waals surface area (Å²) in [5, 5.41) is 0. The van der Waals surface area contributed by atoms with Crippen LogP contribution < -0.4 is 14.7 Å². The zero-order chi connectivity index (χ0) is 15.7. The van der Waals surface area contributed by atoms with E-state index in [9.17, 15) is 9.59 Å². The Morgan fingerprint density at radius 3 is 2.50 bits per heavy atom. The quantitative estimate of drug-likeness (QED) is 0.649. The Morgan fingerprint density at radius 1 is 1.05 bits per heavy atom. The summed E-state index contributed by atoms with van der Waals surface area (Å²) in [7, 11) is 2.20. The molecule has 1 aromatic rings. The lowest BCUT2D eigenvalue weighted by molar-refractivity contribution is -0.939. The van der Waals surface area contributed by atoms with Gasteiger partial charge < -0.3 is 9.80 Å². The summed E-state index contributed by atoms with van der Waals surface area (Å²) in [6.45, 7) is 6.18. The summed E-state index contributed by atoms with van der Waals surface area (Å²) in [5.41, 5.74) is 1.84. The largest absolute Gasteiger partial charge is 0.333 e. The van der Waals surface area contributed by atoms with Gasteiger partial charge in [0.15, 0.2) is 6.04 Å². The average Bonchev–Trinajstić information content (AvgIpc) is 2.66. The highest BCUT2D eigenvalue weighted by Crippen LogP contribution is 2.22. The van der Waals surface area contributed by atoms with Crippen molar-refractivity contribution in [2.45, 2.75) is 25.8 Å². The van der Waals surface area contributed by atoms with Crippen LogP contribution in [0, 0.1) is 6.92 Å². The number of hydrogen-bond donors (Lipinski definition) is 2. The number of nitrogens with zero attached hydrogens (tertiary/aromatic N) is 1. The standard InChI is InChI=1S/C17H23N3O2/c1-13-4-6-14(7-5-13)20-16(21)12-15(17(20)22)19-9-3-8-18(2)10-11-19/h4-7,15H,3,8-12H2,1-2H3/p+2. The van der Waals surface area contributed by atoms with Crippen molar-refractivity contribution in [3.8, 4) is 0 Å². The van der Waals surface area contributed by atoms with E-state index in [1.165, 1.54) is 14.7 Å². The van der Waals surface area contributed by atoms with Gasteiger partial charge in [-0.05, 0) is 19.1 Å². The first kappa shape index (κ1) is 15.2. The lowest BCUT2D eigenvalue weighted by Crippen LogP contribution is -3.19. The number of aryl methyl sites for hydroxylation is 1. The molecule has 5 nitrogen and oxygen atoms in total. The van der Waals surface area contributed by atoms with Crippen molar-refractivity contribution in [3.63, 3.8) is 0 Å². The van der Waals surface area contributed by atoms with Gasteiger partial charge in [0.05, 0.1) is 32.2 Å². The lowest BCUT2D eigenvalue weighted by Gasteiger charge is -2.22. The Balaban J connectivity index is 1.77. The number of imide groups is 1. The van der Waals surface area contributed by atoms with Gasteiger partial charge in [0.1, 0.15) is 13.1 Å².